The standard InChI is InChI=1S/C44H54FN3O5Si/c1-30(2)13-12-14-31(3)23-24-47-38-21-20-35(48-37-18-11-10-17-34(37)19-22-40(48)50)27-36(38)44(43(47)52)32(4)42(54(5,6)45)39(53-44)28-41(51)46(25-26-49)29-33-15-8-7-9-16-33/h7-11,13,15-18,20-21,23,27,32,39,42,49H,12,14,19,22,24-26,28-29H2,1-6H3/b31-23+/t32-,39+,42-,44+/m1/s1. The molecule has 3 aromatic carbocycles. The fraction of sp³-hybridized carbons (Fsp3) is 0.432. The van der Waals surface area contributed by atoms with Crippen LogP contribution in [0, 0.1) is 5.92 Å². The maximum Gasteiger partial charge on any atom is 0.264 e. The number of carbonyl (C=O) groups excluding carboxylic acids is 3. The van der Waals surface area contributed by atoms with Gasteiger partial charge in [-0.25, -0.2) is 0 Å². The number of halogens is 1. The van der Waals surface area contributed by atoms with Gasteiger partial charge in [-0.15, -0.1) is 0 Å². The number of carbonyl (C=O) groups is 3. The number of para-hydroxylation sites is 1. The van der Waals surface area contributed by atoms with Crippen molar-refractivity contribution in [2.24, 2.45) is 5.92 Å². The first-order valence-electron chi connectivity index (χ1n) is 19.2. The largest absolute Gasteiger partial charge is 0.395 e. The summed E-state index contributed by atoms with van der Waals surface area (Å²) in [5.41, 5.74) is 4.81. The van der Waals surface area contributed by atoms with E-state index in [1.54, 1.807) is 27.8 Å². The molecule has 0 bridgehead atoms. The molecule has 0 aliphatic carbocycles. The van der Waals surface area contributed by atoms with Crippen LogP contribution >= 0.6 is 0 Å². The molecule has 0 saturated carbocycles. The van der Waals surface area contributed by atoms with E-state index in [2.05, 4.69) is 32.9 Å². The number of fused-ring (bicyclic) bond motifs is 3. The smallest absolute Gasteiger partial charge is 0.264 e. The third kappa shape index (κ3) is 7.74. The summed E-state index contributed by atoms with van der Waals surface area (Å²) in [6.45, 7) is 11.9. The summed E-state index contributed by atoms with van der Waals surface area (Å²) in [5, 5.41) is 9.90. The minimum absolute atomic E-state index is 0.0415. The summed E-state index contributed by atoms with van der Waals surface area (Å²) >= 11 is 0. The summed E-state index contributed by atoms with van der Waals surface area (Å²) in [6, 6.07) is 23.0. The van der Waals surface area contributed by atoms with Crippen molar-refractivity contribution in [3.05, 3.63) is 113 Å². The normalized spacial score (nSPS) is 22.4. The molecule has 6 rings (SSSR count). The average Bonchev–Trinajstić information content (AvgIpc) is 3.56. The summed E-state index contributed by atoms with van der Waals surface area (Å²) in [4.78, 5) is 47.8. The second-order valence-electron chi connectivity index (χ2n) is 15.8. The number of amides is 3. The SMILES string of the molecule is CC(C)=CCC/C(C)=C/CN1C(=O)[C@@]2(O[C@@H](CC(=O)N(CCO)Cc3ccccc3)[C@H]([Si](C)(C)F)[C@H]2C)c2cc(N3C(=O)CCc4ccccc43)ccc21. The Kier molecular flexibility index (Phi) is 11.8. The number of benzene rings is 3. The number of anilines is 3. The van der Waals surface area contributed by atoms with Crippen molar-refractivity contribution in [1.29, 1.82) is 0 Å². The van der Waals surface area contributed by atoms with Crippen LogP contribution in [0.4, 0.5) is 21.2 Å². The van der Waals surface area contributed by atoms with Crippen LogP contribution in [-0.4, -0.2) is 61.9 Å². The highest BCUT2D eigenvalue weighted by Crippen LogP contribution is 2.61. The van der Waals surface area contributed by atoms with Crippen LogP contribution in [-0.2, 0) is 37.7 Å². The van der Waals surface area contributed by atoms with Crippen LogP contribution in [0.3, 0.4) is 0 Å². The number of hydrogen-bond donors (Lipinski definition) is 1. The molecular weight excluding hydrogens is 698 g/mol. The Hall–Kier alpha value is -4.38. The Bertz CT molecular complexity index is 1940. The highest BCUT2D eigenvalue weighted by atomic mass is 28.4. The first-order chi connectivity index (χ1) is 25.8. The molecule has 1 spiro atoms. The molecule has 0 unspecified atom stereocenters. The van der Waals surface area contributed by atoms with Gasteiger partial charge in [0.2, 0.25) is 20.2 Å². The first-order valence-corrected chi connectivity index (χ1v) is 22.2. The van der Waals surface area contributed by atoms with Gasteiger partial charge in [0.05, 0.1) is 30.5 Å². The maximum absolute atomic E-state index is 16.7. The zero-order valence-corrected chi connectivity index (χ0v) is 33.5. The van der Waals surface area contributed by atoms with E-state index in [1.165, 1.54) is 5.57 Å². The monoisotopic (exact) mass is 751 g/mol. The number of aliphatic hydroxyl groups is 1. The quantitative estimate of drug-likeness (QED) is 0.108. The summed E-state index contributed by atoms with van der Waals surface area (Å²) in [5.74, 6) is -1.20. The fourth-order valence-corrected chi connectivity index (χ4v) is 11.2. The molecular formula is C44H54FN3O5Si. The topological polar surface area (TPSA) is 90.4 Å². The van der Waals surface area contributed by atoms with Crippen molar-refractivity contribution in [3.8, 4) is 0 Å². The van der Waals surface area contributed by atoms with Crippen LogP contribution in [0.2, 0.25) is 18.6 Å². The maximum atomic E-state index is 16.7. The van der Waals surface area contributed by atoms with Gasteiger partial charge in [0.1, 0.15) is 0 Å². The lowest BCUT2D eigenvalue weighted by molar-refractivity contribution is -0.149. The first kappa shape index (κ1) is 39.3. The molecule has 4 atom stereocenters. The van der Waals surface area contributed by atoms with Gasteiger partial charge in [-0.2, -0.15) is 0 Å². The molecule has 0 radical (unpaired) electrons. The van der Waals surface area contributed by atoms with E-state index in [0.29, 0.717) is 36.3 Å². The lowest BCUT2D eigenvalue weighted by atomic mass is 9.82. The molecule has 3 aromatic rings. The van der Waals surface area contributed by atoms with Gasteiger partial charge < -0.3 is 23.8 Å². The van der Waals surface area contributed by atoms with E-state index in [9.17, 15) is 14.7 Å². The Balaban J connectivity index is 1.41. The summed E-state index contributed by atoms with van der Waals surface area (Å²) < 4.78 is 23.7. The average molecular weight is 752 g/mol. The van der Waals surface area contributed by atoms with Gasteiger partial charge in [-0.3, -0.25) is 19.3 Å². The van der Waals surface area contributed by atoms with E-state index in [4.69, 9.17) is 4.74 Å². The number of ether oxygens (including phenoxy) is 1. The van der Waals surface area contributed by atoms with Crippen LogP contribution in [0.25, 0.3) is 0 Å². The highest BCUT2D eigenvalue weighted by Gasteiger charge is 2.67. The molecule has 3 heterocycles. The molecule has 10 heteroatoms. The Morgan fingerprint density at radius 2 is 1.72 bits per heavy atom. The molecule has 3 aliphatic heterocycles. The van der Waals surface area contributed by atoms with Crippen LogP contribution in [0.5, 0.6) is 0 Å². The van der Waals surface area contributed by atoms with Crippen molar-refractivity contribution >= 4 is 43.2 Å². The zero-order valence-electron chi connectivity index (χ0n) is 32.5. The number of nitrogens with zero attached hydrogens (tertiary/aromatic N) is 3. The van der Waals surface area contributed by atoms with E-state index in [0.717, 1.165) is 35.2 Å². The predicted molar refractivity (Wildman–Crippen MR) is 215 cm³/mol. The van der Waals surface area contributed by atoms with Gasteiger partial charge in [-0.1, -0.05) is 78.8 Å². The van der Waals surface area contributed by atoms with Crippen LogP contribution in [0.15, 0.2) is 96.1 Å². The van der Waals surface area contributed by atoms with E-state index < -0.39 is 31.6 Å². The number of rotatable bonds is 13. The fourth-order valence-electron chi connectivity index (χ4n) is 8.72. The summed E-state index contributed by atoms with van der Waals surface area (Å²) in [7, 11) is -3.57. The Labute approximate surface area is 320 Å². The van der Waals surface area contributed by atoms with Gasteiger partial charge >= 0.3 is 0 Å². The van der Waals surface area contributed by atoms with Gasteiger partial charge in [-0.05, 0) is 88.5 Å². The lowest BCUT2D eigenvalue weighted by Crippen LogP contribution is -2.45. The minimum atomic E-state index is -3.57. The van der Waals surface area contributed by atoms with Crippen molar-refractivity contribution in [3.63, 3.8) is 0 Å². The van der Waals surface area contributed by atoms with E-state index >= 15 is 8.90 Å². The molecule has 286 valence electrons. The third-order valence-electron chi connectivity index (χ3n) is 11.3. The van der Waals surface area contributed by atoms with Gasteiger partial charge in [0.25, 0.3) is 5.91 Å². The predicted octanol–water partition coefficient (Wildman–Crippen LogP) is 8.52. The van der Waals surface area contributed by atoms with Gasteiger partial charge in [0, 0.05) is 48.8 Å². The number of allylic oxidation sites excluding steroid dienone is 3. The molecule has 0 aromatic heterocycles. The van der Waals surface area contributed by atoms with Crippen molar-refractivity contribution in [1.82, 2.24) is 4.90 Å². The number of hydrogen-bond acceptors (Lipinski definition) is 5. The molecule has 1 saturated heterocycles. The molecule has 8 nitrogen and oxygen atoms in total. The molecule has 1 N–H and O–H groups in total. The number of aryl methyl sites for hydroxylation is 1. The second kappa shape index (κ2) is 16.1. The van der Waals surface area contributed by atoms with Gasteiger partial charge in [0.15, 0.2) is 5.60 Å². The molecule has 1 fully saturated rings. The Morgan fingerprint density at radius 1 is 1.00 bits per heavy atom. The molecule has 54 heavy (non-hydrogen) atoms. The minimum Gasteiger partial charge on any atom is -0.395 e. The van der Waals surface area contributed by atoms with Crippen molar-refractivity contribution in [2.75, 3.05) is 29.5 Å². The van der Waals surface area contributed by atoms with Crippen molar-refractivity contribution in [2.45, 2.75) is 96.7 Å². The zero-order chi connectivity index (χ0) is 38.8. The lowest BCUT2D eigenvalue weighted by Gasteiger charge is -2.32. The van der Waals surface area contributed by atoms with E-state index in [1.807, 2.05) is 79.7 Å². The van der Waals surface area contributed by atoms with Crippen LogP contribution in [0.1, 0.15) is 70.1 Å². The third-order valence-corrected chi connectivity index (χ3v) is 13.8. The molecule has 3 aliphatic rings. The van der Waals surface area contributed by atoms with Crippen molar-refractivity contribution < 1.29 is 28.3 Å². The number of aliphatic hydroxyl groups excluding tert-OH is 1. The van der Waals surface area contributed by atoms with E-state index in [-0.39, 0.29) is 43.8 Å². The highest BCUT2D eigenvalue weighted by molar-refractivity contribution is 6.72. The Morgan fingerprint density at radius 3 is 2.43 bits per heavy atom. The second-order valence-corrected chi connectivity index (χ2v) is 19.6. The summed E-state index contributed by atoms with van der Waals surface area (Å²) in [6.07, 6.45) is 6.02. The molecule has 3 amide bonds. The van der Waals surface area contributed by atoms with Crippen LogP contribution < -0.4 is 9.80 Å².